The summed E-state index contributed by atoms with van der Waals surface area (Å²) >= 11 is 0. The van der Waals surface area contributed by atoms with E-state index >= 15 is 4.57 Å². The Morgan fingerprint density at radius 3 is 1.51 bits per heavy atom. The van der Waals surface area contributed by atoms with Gasteiger partial charge in [-0.3, -0.25) is 0 Å². The second-order valence-electron chi connectivity index (χ2n) is 16.9. The number of fused-ring (bicyclic) bond motifs is 9. The van der Waals surface area contributed by atoms with Crippen molar-refractivity contribution in [3.8, 4) is 33.6 Å². The molecule has 0 aliphatic carbocycles. The predicted molar refractivity (Wildman–Crippen MR) is 274 cm³/mol. The van der Waals surface area contributed by atoms with E-state index < -0.39 is 7.14 Å². The van der Waals surface area contributed by atoms with Crippen molar-refractivity contribution in [2.45, 2.75) is 0 Å². The van der Waals surface area contributed by atoms with Crippen LogP contribution in [0.2, 0.25) is 0 Å². The first-order valence-corrected chi connectivity index (χ1v) is 23.8. The molecule has 5 heteroatoms. The molecular formula is C60H40N3OP. The highest BCUT2D eigenvalue weighted by molar-refractivity contribution is 7.86. The van der Waals surface area contributed by atoms with Crippen molar-refractivity contribution in [1.29, 1.82) is 0 Å². The minimum absolute atomic E-state index is 0.871. The quantitative estimate of drug-likeness (QED) is 0.150. The van der Waals surface area contributed by atoms with Gasteiger partial charge in [-0.1, -0.05) is 158 Å². The van der Waals surface area contributed by atoms with Crippen LogP contribution in [0.25, 0.3) is 77.2 Å². The molecular weight excluding hydrogens is 810 g/mol. The Labute approximate surface area is 376 Å². The molecule has 3 heterocycles. The van der Waals surface area contributed by atoms with Crippen molar-refractivity contribution in [3.63, 3.8) is 0 Å². The van der Waals surface area contributed by atoms with Crippen molar-refractivity contribution in [3.05, 3.63) is 243 Å². The van der Waals surface area contributed by atoms with Gasteiger partial charge in [0.2, 0.25) is 0 Å². The van der Waals surface area contributed by atoms with Crippen molar-refractivity contribution >= 4 is 83.7 Å². The van der Waals surface area contributed by atoms with Crippen molar-refractivity contribution in [2.24, 2.45) is 0 Å². The normalized spacial score (nSPS) is 14.3. The lowest BCUT2D eigenvalue weighted by molar-refractivity contribution is 0.593. The molecule has 0 amide bonds. The van der Waals surface area contributed by atoms with E-state index in [0.29, 0.717) is 0 Å². The van der Waals surface area contributed by atoms with E-state index in [-0.39, 0.29) is 0 Å². The van der Waals surface area contributed by atoms with Crippen LogP contribution < -0.4 is 20.8 Å². The highest BCUT2D eigenvalue weighted by Gasteiger charge is 2.40. The summed E-state index contributed by atoms with van der Waals surface area (Å²) in [6.45, 7) is 0. The van der Waals surface area contributed by atoms with Crippen molar-refractivity contribution in [2.75, 3.05) is 4.90 Å². The molecule has 1 atom stereocenters. The average Bonchev–Trinajstić information content (AvgIpc) is 3.98. The van der Waals surface area contributed by atoms with Crippen LogP contribution >= 0.6 is 7.14 Å². The summed E-state index contributed by atoms with van der Waals surface area (Å²) in [6, 6.07) is 85.9. The fourth-order valence-corrected chi connectivity index (χ4v) is 13.4. The third-order valence-corrected chi connectivity index (χ3v) is 16.5. The zero-order valence-electron chi connectivity index (χ0n) is 35.3. The van der Waals surface area contributed by atoms with Gasteiger partial charge in [0.25, 0.3) is 0 Å². The highest BCUT2D eigenvalue weighted by atomic mass is 31.2. The number of aromatic nitrogens is 2. The molecule has 0 spiro atoms. The maximum Gasteiger partial charge on any atom is 0.172 e. The lowest BCUT2D eigenvalue weighted by Crippen LogP contribution is -2.20. The molecule has 65 heavy (non-hydrogen) atoms. The second-order valence-corrected chi connectivity index (χ2v) is 19.6. The van der Waals surface area contributed by atoms with Gasteiger partial charge in [0.15, 0.2) is 7.14 Å². The highest BCUT2D eigenvalue weighted by Crippen LogP contribution is 2.53. The van der Waals surface area contributed by atoms with E-state index in [1.807, 2.05) is 36.4 Å². The third-order valence-electron chi connectivity index (χ3n) is 13.3. The summed E-state index contributed by atoms with van der Waals surface area (Å²) < 4.78 is 20.2. The van der Waals surface area contributed by atoms with Crippen molar-refractivity contribution < 1.29 is 4.57 Å². The molecule has 2 aromatic heterocycles. The first kappa shape index (κ1) is 37.4. The molecule has 12 aromatic rings. The van der Waals surface area contributed by atoms with E-state index in [4.69, 9.17) is 0 Å². The third kappa shape index (κ3) is 5.74. The van der Waals surface area contributed by atoms with Gasteiger partial charge in [0.05, 0.1) is 22.1 Å². The van der Waals surface area contributed by atoms with Crippen LogP contribution in [0, 0.1) is 0 Å². The van der Waals surface area contributed by atoms with E-state index in [1.165, 1.54) is 16.3 Å². The number of para-hydroxylation sites is 4. The first-order valence-electron chi connectivity index (χ1n) is 22.1. The molecule has 0 fully saturated rings. The van der Waals surface area contributed by atoms with E-state index in [0.717, 1.165) is 93.9 Å². The number of rotatable bonds is 7. The Morgan fingerprint density at radius 2 is 0.815 bits per heavy atom. The summed E-state index contributed by atoms with van der Waals surface area (Å²) in [7, 11) is -3.08. The monoisotopic (exact) mass is 849 g/mol. The Kier molecular flexibility index (Phi) is 8.46. The molecule has 306 valence electrons. The number of hydrogen-bond acceptors (Lipinski definition) is 2. The zero-order chi connectivity index (χ0) is 43.1. The van der Waals surface area contributed by atoms with Gasteiger partial charge in [-0.15, -0.1) is 0 Å². The van der Waals surface area contributed by atoms with Gasteiger partial charge < -0.3 is 18.6 Å². The van der Waals surface area contributed by atoms with Gasteiger partial charge in [0, 0.05) is 65.9 Å². The standard InChI is InChI=1S/C60H40N3OP/c64-65(48-20-8-3-9-21-48)59-27-15-12-24-52(59)54-39-58-53(40-60(54)65)50-23-11-14-26-56(50)63(58)46-34-30-42(31-35-46)41-28-32-45(33-29-41)61(43-16-4-1-5-17-43)47-36-37-51-49-22-10-13-25-55(49)62(57(51)38-47)44-18-6-2-7-19-44/h1-40H. The molecule has 0 radical (unpaired) electrons. The SMILES string of the molecule is O=P1(c2ccccc2)c2ccccc2-c2cc3c(cc21)c1ccccc1n3-c1ccc(-c2ccc(N(c3ccccc3)c3ccc4c5ccccc5n(-c5ccccc5)c4c3)cc2)cc1. The predicted octanol–water partition coefficient (Wildman–Crippen LogP) is 14.6. The maximum absolute atomic E-state index is 15.4. The van der Waals surface area contributed by atoms with Crippen LogP contribution in [-0.4, -0.2) is 9.13 Å². The summed E-state index contributed by atoms with van der Waals surface area (Å²) in [6.07, 6.45) is 0. The van der Waals surface area contributed by atoms with Gasteiger partial charge in [-0.25, -0.2) is 0 Å². The van der Waals surface area contributed by atoms with Crippen LogP contribution in [0.4, 0.5) is 17.1 Å². The van der Waals surface area contributed by atoms with Crippen molar-refractivity contribution in [1.82, 2.24) is 9.13 Å². The van der Waals surface area contributed by atoms with E-state index in [9.17, 15) is 0 Å². The molecule has 0 N–H and O–H groups in total. The lowest BCUT2D eigenvalue weighted by Gasteiger charge is -2.26. The van der Waals surface area contributed by atoms with E-state index in [1.54, 1.807) is 0 Å². The van der Waals surface area contributed by atoms with Gasteiger partial charge >= 0.3 is 0 Å². The van der Waals surface area contributed by atoms with Crippen LogP contribution in [0.3, 0.4) is 0 Å². The van der Waals surface area contributed by atoms with Crippen LogP contribution in [0.5, 0.6) is 0 Å². The first-order chi connectivity index (χ1) is 32.1. The molecule has 1 aliphatic heterocycles. The van der Waals surface area contributed by atoms with Crippen LogP contribution in [0.1, 0.15) is 0 Å². The second kappa shape index (κ2) is 14.7. The van der Waals surface area contributed by atoms with Gasteiger partial charge in [-0.2, -0.15) is 0 Å². The zero-order valence-corrected chi connectivity index (χ0v) is 36.2. The van der Waals surface area contributed by atoms with Gasteiger partial charge in [0.1, 0.15) is 0 Å². The topological polar surface area (TPSA) is 30.2 Å². The molecule has 0 bridgehead atoms. The molecule has 1 aliphatic rings. The number of hydrogen-bond donors (Lipinski definition) is 0. The fourth-order valence-electron chi connectivity index (χ4n) is 10.4. The maximum atomic E-state index is 15.4. The number of benzene rings is 10. The summed E-state index contributed by atoms with van der Waals surface area (Å²) in [5.74, 6) is 0. The van der Waals surface area contributed by atoms with E-state index in [2.05, 4.69) is 220 Å². The van der Waals surface area contributed by atoms with Crippen LogP contribution in [0.15, 0.2) is 243 Å². The molecule has 4 nitrogen and oxygen atoms in total. The summed E-state index contributed by atoms with van der Waals surface area (Å²) in [4.78, 5) is 2.34. The lowest BCUT2D eigenvalue weighted by atomic mass is 10.0. The molecule has 13 rings (SSSR count). The molecule has 0 saturated carbocycles. The Balaban J connectivity index is 0.889. The molecule has 1 unspecified atom stereocenters. The molecule has 0 saturated heterocycles. The minimum atomic E-state index is -3.08. The minimum Gasteiger partial charge on any atom is -0.310 e. The molecule has 10 aromatic carbocycles. The Morgan fingerprint density at radius 1 is 0.323 bits per heavy atom. The fraction of sp³-hybridized carbons (Fsp3) is 0. The largest absolute Gasteiger partial charge is 0.310 e. The average molecular weight is 850 g/mol. The summed E-state index contributed by atoms with van der Waals surface area (Å²) in [5.41, 5.74) is 14.4. The number of anilines is 3. The Hall–Kier alpha value is -8.17. The van der Waals surface area contributed by atoms with Gasteiger partial charge in [-0.05, 0) is 107 Å². The Bertz CT molecular complexity index is 3840. The van der Waals surface area contributed by atoms with Crippen LogP contribution in [-0.2, 0) is 4.57 Å². The smallest absolute Gasteiger partial charge is 0.172 e. The number of nitrogens with zero attached hydrogens (tertiary/aromatic N) is 3. The summed E-state index contributed by atoms with van der Waals surface area (Å²) in [5, 5.41) is 7.42.